The standard InChI is InChI=1S/C77H101N5O13S2/c1-5-59-61(60(70(91)95-59)47-23-28-79-37-47)50-13-9-12-46-33-77(94)64-54(72(3)35-58(86)66(87)52-40-97-96-39-48(43-16-19-49(84)20-17-43)32-57(85)56(38-83)82-65(64)67(88)63(52)72)22-24-74(77,27-29-80-71(78)81-36-42-10-7-6-8-11-42)68(46)73(4,92)75(93)25-26-76-53(50)21-18-45(62(76)51(34-75)69(89)90)31-44-15-14-41(2)30-55(44)76/h6-8,10-11,16-17,19-20,23,28,31,37,41,45-46,48,50-56,58-63,66,68-69,79,82-84,86-87,89-90,92-94H,5,12,14-15,18,21-22,24-27,29-30,32-36,38-40H2,1-4H3,(H3,78,80,81). The van der Waals surface area contributed by atoms with E-state index in [1.165, 1.54) is 27.2 Å². The van der Waals surface area contributed by atoms with Gasteiger partial charge >= 0.3 is 5.97 Å². The van der Waals surface area contributed by atoms with Crippen molar-refractivity contribution in [2.24, 2.45) is 104 Å². The zero-order chi connectivity index (χ0) is 68.3. The van der Waals surface area contributed by atoms with Crippen LogP contribution in [0.1, 0.15) is 159 Å². The first-order chi connectivity index (χ1) is 46.4. The monoisotopic (exact) mass is 1370 g/mol. The number of phenolic OH excluding ortho intramolecular Hbond substituents is 1. The van der Waals surface area contributed by atoms with Gasteiger partial charge in [0.25, 0.3) is 0 Å². The maximum Gasteiger partial charge on any atom is 0.314 e. The summed E-state index contributed by atoms with van der Waals surface area (Å²) in [6.07, 6.45) is 6.73. The maximum atomic E-state index is 16.6. The number of carbonyl (C=O) groups is 3. The number of hydrogen-bond acceptors (Lipinski definition) is 17. The molecule has 25 unspecified atom stereocenters. The Morgan fingerprint density at radius 1 is 0.918 bits per heavy atom. The van der Waals surface area contributed by atoms with Crippen LogP contribution in [0, 0.1) is 105 Å². The number of nitrogens with two attached hydrogens (primary N) is 1. The van der Waals surface area contributed by atoms with Gasteiger partial charge in [0, 0.05) is 90.1 Å². The zero-order valence-corrected chi connectivity index (χ0v) is 58.0. The Morgan fingerprint density at radius 2 is 1.69 bits per heavy atom. The topological polar surface area (TPSA) is 321 Å². The normalized spacial score (nSPS) is 44.2. The fourth-order valence-electron chi connectivity index (χ4n) is 23.6. The average Bonchev–Trinajstić information content (AvgIpc) is 1.60. The number of aliphatic hydroxyl groups is 8. The van der Waals surface area contributed by atoms with Gasteiger partial charge in [0.15, 0.2) is 23.8 Å². The Morgan fingerprint density at radius 3 is 2.42 bits per heavy atom. The van der Waals surface area contributed by atoms with Gasteiger partial charge in [-0.2, -0.15) is 0 Å². The van der Waals surface area contributed by atoms with Gasteiger partial charge in [-0.3, -0.25) is 14.4 Å². The van der Waals surface area contributed by atoms with Crippen molar-refractivity contribution in [3.63, 3.8) is 0 Å². The van der Waals surface area contributed by atoms with Gasteiger partial charge in [0.2, 0.25) is 0 Å². The number of ketones is 2. The number of aromatic nitrogens is 1. The zero-order valence-electron chi connectivity index (χ0n) is 56.4. The molecule has 524 valence electrons. The van der Waals surface area contributed by atoms with Crippen LogP contribution in [-0.2, 0) is 25.7 Å². The van der Waals surface area contributed by atoms with Crippen LogP contribution in [0.25, 0.3) is 0 Å². The van der Waals surface area contributed by atoms with E-state index in [2.05, 4.69) is 40.5 Å². The van der Waals surface area contributed by atoms with Gasteiger partial charge in [-0.05, 0) is 190 Å². The van der Waals surface area contributed by atoms with Crippen LogP contribution in [0.4, 0.5) is 0 Å². The highest BCUT2D eigenvalue weighted by Crippen LogP contribution is 2.76. The Labute approximate surface area is 577 Å². The summed E-state index contributed by atoms with van der Waals surface area (Å²) in [5.41, 5.74) is 1.38. The number of aliphatic hydroxyl groups excluding tert-OH is 4. The van der Waals surface area contributed by atoms with E-state index in [-0.39, 0.29) is 123 Å². The van der Waals surface area contributed by atoms with E-state index in [4.69, 9.17) is 15.5 Å². The van der Waals surface area contributed by atoms with Crippen LogP contribution < -0.4 is 16.4 Å². The minimum Gasteiger partial charge on any atom is -0.508 e. The van der Waals surface area contributed by atoms with Crippen molar-refractivity contribution in [2.45, 2.75) is 196 Å². The highest BCUT2D eigenvalue weighted by molar-refractivity contribution is 8.76. The number of aromatic amines is 1. The van der Waals surface area contributed by atoms with Gasteiger partial charge in [0.1, 0.15) is 17.9 Å². The highest BCUT2D eigenvalue weighted by atomic mass is 33.1. The van der Waals surface area contributed by atoms with Crippen molar-refractivity contribution >= 4 is 45.1 Å². The lowest BCUT2D eigenvalue weighted by Gasteiger charge is -2.64. The number of Topliss-reactive ketones (excluding diaryl/α,β-unsaturated/α-hetero) is 2. The number of rotatable bonds is 11. The largest absolute Gasteiger partial charge is 0.508 e. The third-order valence-corrected chi connectivity index (χ3v) is 30.2. The summed E-state index contributed by atoms with van der Waals surface area (Å²) in [6, 6.07) is 16.9. The Hall–Kier alpha value is -5.18. The number of phenols is 1. The number of nitrogens with zero attached hydrogens (tertiary/aromatic N) is 1. The molecule has 3 aromatic rings. The fourth-order valence-corrected chi connectivity index (χ4v) is 26.3. The summed E-state index contributed by atoms with van der Waals surface area (Å²) in [5.74, 6) is 0.0813. The Balaban J connectivity index is 0.983. The van der Waals surface area contributed by atoms with E-state index in [9.17, 15) is 45.6 Å². The van der Waals surface area contributed by atoms with Crippen LogP contribution in [-0.4, -0.2) is 147 Å². The van der Waals surface area contributed by atoms with E-state index < -0.39 is 135 Å². The number of nitrogens with one attached hydrogen (secondary N) is 3. The number of esters is 1. The molecule has 25 atom stereocenters. The second-order valence-electron chi connectivity index (χ2n) is 32.1. The first kappa shape index (κ1) is 68.9. The van der Waals surface area contributed by atoms with Crippen molar-refractivity contribution in [1.82, 2.24) is 15.6 Å². The van der Waals surface area contributed by atoms with Gasteiger partial charge in [-0.1, -0.05) is 102 Å². The van der Waals surface area contributed by atoms with Gasteiger partial charge < -0.3 is 72.0 Å². The molecule has 2 aliphatic heterocycles. The summed E-state index contributed by atoms with van der Waals surface area (Å²) in [5, 5.41) is 123. The van der Waals surface area contributed by atoms with Crippen molar-refractivity contribution < 1.29 is 65.1 Å². The predicted octanol–water partition coefficient (Wildman–Crippen LogP) is 7.92. The molecule has 20 heteroatoms. The molecule has 6 saturated carbocycles. The van der Waals surface area contributed by atoms with Crippen LogP contribution in [0.5, 0.6) is 5.75 Å². The van der Waals surface area contributed by atoms with E-state index in [1.807, 2.05) is 62.6 Å². The molecule has 14 N–H and O–H groups in total. The Kier molecular flexibility index (Phi) is 18.7. The summed E-state index contributed by atoms with van der Waals surface area (Å²) >= 11 is 0. The summed E-state index contributed by atoms with van der Waals surface area (Å²) < 4.78 is 6.49. The van der Waals surface area contributed by atoms with Crippen molar-refractivity contribution in [3.8, 4) is 17.6 Å². The minimum absolute atomic E-state index is 0.00400. The first-order valence-corrected chi connectivity index (χ1v) is 38.6. The number of carbonyl (C=O) groups excluding carboxylic acids is 3. The third kappa shape index (κ3) is 11.2. The number of ether oxygens (including phenoxy) is 1. The second-order valence-corrected chi connectivity index (χ2v) is 34.7. The molecular formula is C77H101N5O13S2. The van der Waals surface area contributed by atoms with Gasteiger partial charge in [0.05, 0.1) is 53.8 Å². The summed E-state index contributed by atoms with van der Waals surface area (Å²) in [4.78, 5) is 54.5. The Bertz CT molecular complexity index is 3610. The van der Waals surface area contributed by atoms with Crippen LogP contribution in [0.3, 0.4) is 0 Å². The number of aliphatic imine (C=N–C) groups is 1. The molecule has 0 radical (unpaired) electrons. The molecule has 14 rings (SSSR count). The lowest BCUT2D eigenvalue weighted by atomic mass is 9.40. The molecule has 8 fully saturated rings. The van der Waals surface area contributed by atoms with Gasteiger partial charge in [-0.15, -0.1) is 5.92 Å². The minimum atomic E-state index is -2.15. The maximum absolute atomic E-state index is 16.6. The molecular weight excluding hydrogens is 1270 g/mol. The number of H-pyrrole nitrogens is 1. The van der Waals surface area contributed by atoms with E-state index in [1.54, 1.807) is 31.2 Å². The number of hydrogen-bond donors (Lipinski definition) is 13. The number of cyclic esters (lactones) is 1. The molecule has 9 aliphatic carbocycles. The molecule has 18 nitrogen and oxygen atoms in total. The van der Waals surface area contributed by atoms with E-state index in [0.29, 0.717) is 36.5 Å². The predicted molar refractivity (Wildman–Crippen MR) is 370 cm³/mol. The summed E-state index contributed by atoms with van der Waals surface area (Å²) in [7, 11) is 2.96. The van der Waals surface area contributed by atoms with Crippen molar-refractivity contribution in [1.29, 1.82) is 0 Å². The number of fused-ring (bicyclic) bond motifs is 10. The fraction of sp³-hybridized carbons (Fsp3) is 0.662. The number of aromatic hydroxyl groups is 1. The van der Waals surface area contributed by atoms with Crippen molar-refractivity contribution in [2.75, 3.05) is 24.7 Å². The first-order valence-electron chi connectivity index (χ1n) is 36.1. The molecule has 97 heavy (non-hydrogen) atoms. The molecule has 0 amide bonds. The molecule has 5 bridgehead atoms. The quantitative estimate of drug-likeness (QED) is 0.0165. The third-order valence-electron chi connectivity index (χ3n) is 27.6. The smallest absolute Gasteiger partial charge is 0.314 e. The van der Waals surface area contributed by atoms with E-state index >= 15 is 14.7 Å². The number of benzene rings is 2. The lowest BCUT2D eigenvalue weighted by Crippen LogP contribution is -2.69. The van der Waals surface area contributed by atoms with Crippen LogP contribution in [0.15, 0.2) is 101 Å². The van der Waals surface area contributed by atoms with Gasteiger partial charge in [-0.25, -0.2) is 4.99 Å². The number of guanidine groups is 1. The molecule has 3 heterocycles. The lowest BCUT2D eigenvalue weighted by molar-refractivity contribution is -0.236. The molecule has 2 saturated heterocycles. The van der Waals surface area contributed by atoms with Crippen LogP contribution in [0.2, 0.25) is 0 Å². The molecule has 1 spiro atoms. The van der Waals surface area contributed by atoms with E-state index in [0.717, 1.165) is 48.8 Å². The summed E-state index contributed by atoms with van der Waals surface area (Å²) in [6.45, 7) is 7.68. The second kappa shape index (κ2) is 26.3. The highest BCUT2D eigenvalue weighted by Gasteiger charge is 2.77. The van der Waals surface area contributed by atoms with Crippen molar-refractivity contribution in [3.05, 3.63) is 113 Å². The molecule has 2 aromatic carbocycles. The molecule has 11 aliphatic rings. The SMILES string of the molecule is CCC1OC(=O)C(c2cc[nH]c2)C1C1C#CCC2CC3(O)C4=C5NC(CO)C(=O)CC(c6ccc(O)cc6)CSSCC6C(O)C(O)CC(C)(C4CCC3(CCNC(N)=NCc3ccccc3)C2C(C)(O)C2(O)CCC34C7CC(C)CCC7=CC(CCC13)C4C(C(O)O)C2)C6C5=O. The number of allylic oxidation sites excluding steroid dienone is 3. The molecule has 1 aromatic heterocycles. The average molecular weight is 1370 g/mol. The van der Waals surface area contributed by atoms with Crippen LogP contribution >= 0.6 is 21.6 Å².